The number of carbonyl (C=O) groups is 1. The minimum atomic E-state index is -4.80. The average Bonchev–Trinajstić information content (AvgIpc) is 2.84. The standard InChI is InChI=1S/C12H9ClF3N3O2/c1-2-21-11(20)7-5-18-19(10(7)12(14,15)16)9-3-4-17-6-8(9)13/h3-6H,2H2,1H3. The first-order chi connectivity index (χ1) is 9.86. The summed E-state index contributed by atoms with van der Waals surface area (Å²) >= 11 is 5.82. The number of carbonyl (C=O) groups excluding carboxylic acids is 1. The van der Waals surface area contributed by atoms with Gasteiger partial charge in [-0.2, -0.15) is 18.3 Å². The molecule has 0 aliphatic rings. The van der Waals surface area contributed by atoms with Crippen LogP contribution in [0.1, 0.15) is 23.0 Å². The molecule has 0 aliphatic carbocycles. The molecule has 21 heavy (non-hydrogen) atoms. The van der Waals surface area contributed by atoms with Crippen LogP contribution in [0.15, 0.2) is 24.7 Å². The van der Waals surface area contributed by atoms with Crippen molar-refractivity contribution in [1.29, 1.82) is 0 Å². The number of esters is 1. The molecule has 2 rings (SSSR count). The first-order valence-electron chi connectivity index (χ1n) is 5.78. The van der Waals surface area contributed by atoms with E-state index in [0.717, 1.165) is 6.20 Å². The average molecular weight is 320 g/mol. The van der Waals surface area contributed by atoms with Crippen LogP contribution in [-0.4, -0.2) is 27.3 Å². The Labute approximate surface area is 122 Å². The Kier molecular flexibility index (Phi) is 4.17. The van der Waals surface area contributed by atoms with Crippen LogP contribution in [0.3, 0.4) is 0 Å². The number of hydrogen-bond acceptors (Lipinski definition) is 4. The highest BCUT2D eigenvalue weighted by Gasteiger charge is 2.41. The summed E-state index contributed by atoms with van der Waals surface area (Å²) in [6.07, 6.45) is -1.54. The molecule has 2 heterocycles. The molecule has 0 radical (unpaired) electrons. The molecular formula is C12H9ClF3N3O2. The van der Waals surface area contributed by atoms with Crippen molar-refractivity contribution in [2.24, 2.45) is 0 Å². The van der Waals surface area contributed by atoms with Gasteiger partial charge >= 0.3 is 12.1 Å². The van der Waals surface area contributed by atoms with E-state index in [1.54, 1.807) is 0 Å². The lowest BCUT2D eigenvalue weighted by atomic mass is 10.2. The lowest BCUT2D eigenvalue weighted by Gasteiger charge is -2.13. The molecule has 0 atom stereocenters. The predicted octanol–water partition coefficient (Wildman–Crippen LogP) is 3.12. The van der Waals surface area contributed by atoms with Crippen LogP contribution in [0, 0.1) is 0 Å². The number of halogens is 4. The minimum absolute atomic E-state index is 0.0264. The second-order valence-electron chi connectivity index (χ2n) is 3.86. The summed E-state index contributed by atoms with van der Waals surface area (Å²) in [5, 5.41) is 3.57. The fourth-order valence-electron chi connectivity index (χ4n) is 1.70. The smallest absolute Gasteiger partial charge is 0.434 e. The van der Waals surface area contributed by atoms with Gasteiger partial charge in [-0.25, -0.2) is 9.48 Å². The largest absolute Gasteiger partial charge is 0.462 e. The molecule has 0 fully saturated rings. The second-order valence-corrected chi connectivity index (χ2v) is 4.27. The Hall–Kier alpha value is -2.09. The summed E-state index contributed by atoms with van der Waals surface area (Å²) in [6, 6.07) is 1.26. The Morgan fingerprint density at radius 3 is 2.71 bits per heavy atom. The van der Waals surface area contributed by atoms with Crippen molar-refractivity contribution in [1.82, 2.24) is 14.8 Å². The molecule has 2 aromatic heterocycles. The molecule has 0 spiro atoms. The first kappa shape index (κ1) is 15.3. The molecule has 0 amide bonds. The van der Waals surface area contributed by atoms with Gasteiger partial charge in [0.25, 0.3) is 0 Å². The van der Waals surface area contributed by atoms with Crippen molar-refractivity contribution < 1.29 is 22.7 Å². The maximum absolute atomic E-state index is 13.2. The molecule has 0 bridgehead atoms. The maximum Gasteiger partial charge on any atom is 0.434 e. The Bertz CT molecular complexity index is 670. The molecule has 5 nitrogen and oxygen atoms in total. The van der Waals surface area contributed by atoms with E-state index in [1.807, 2.05) is 0 Å². The van der Waals surface area contributed by atoms with E-state index in [2.05, 4.69) is 14.8 Å². The third-order valence-corrected chi connectivity index (χ3v) is 2.80. The topological polar surface area (TPSA) is 57.0 Å². The van der Waals surface area contributed by atoms with Gasteiger partial charge in [0, 0.05) is 12.4 Å². The summed E-state index contributed by atoms with van der Waals surface area (Å²) in [7, 11) is 0. The fourth-order valence-corrected chi connectivity index (χ4v) is 1.90. The third kappa shape index (κ3) is 2.99. The van der Waals surface area contributed by atoms with Crippen molar-refractivity contribution in [2.75, 3.05) is 6.61 Å². The lowest BCUT2D eigenvalue weighted by molar-refractivity contribution is -0.143. The van der Waals surface area contributed by atoms with Crippen LogP contribution in [-0.2, 0) is 10.9 Å². The van der Waals surface area contributed by atoms with Crippen LogP contribution >= 0.6 is 11.6 Å². The van der Waals surface area contributed by atoms with Gasteiger partial charge in [0.15, 0.2) is 5.69 Å². The van der Waals surface area contributed by atoms with Crippen LogP contribution in [0.5, 0.6) is 0 Å². The van der Waals surface area contributed by atoms with Crippen LogP contribution in [0.25, 0.3) is 5.69 Å². The van der Waals surface area contributed by atoms with Gasteiger partial charge < -0.3 is 4.74 Å². The van der Waals surface area contributed by atoms with Gasteiger partial charge in [-0.05, 0) is 13.0 Å². The van der Waals surface area contributed by atoms with E-state index >= 15 is 0 Å². The quantitative estimate of drug-likeness (QED) is 0.816. The van der Waals surface area contributed by atoms with Crippen LogP contribution in [0.4, 0.5) is 13.2 Å². The van der Waals surface area contributed by atoms with Crippen molar-refractivity contribution in [3.05, 3.63) is 40.9 Å². The fraction of sp³-hybridized carbons (Fsp3) is 0.250. The van der Waals surface area contributed by atoms with Gasteiger partial charge in [0.05, 0.1) is 23.5 Å². The SMILES string of the molecule is CCOC(=O)c1cnn(-c2ccncc2Cl)c1C(F)(F)F. The molecule has 0 N–H and O–H groups in total. The highest BCUT2D eigenvalue weighted by Crippen LogP contribution is 2.35. The number of rotatable bonds is 3. The van der Waals surface area contributed by atoms with Crippen molar-refractivity contribution in [3.63, 3.8) is 0 Å². The summed E-state index contributed by atoms with van der Waals surface area (Å²) in [6.45, 7) is 1.45. The highest BCUT2D eigenvalue weighted by atomic mass is 35.5. The number of aromatic nitrogens is 3. The van der Waals surface area contributed by atoms with E-state index in [1.165, 1.54) is 25.4 Å². The number of ether oxygens (including phenoxy) is 1. The van der Waals surface area contributed by atoms with E-state index in [9.17, 15) is 18.0 Å². The molecule has 0 unspecified atom stereocenters. The Morgan fingerprint density at radius 1 is 1.43 bits per heavy atom. The zero-order valence-electron chi connectivity index (χ0n) is 10.7. The van der Waals surface area contributed by atoms with Gasteiger partial charge in [0.2, 0.25) is 0 Å². The van der Waals surface area contributed by atoms with Crippen molar-refractivity contribution in [3.8, 4) is 5.69 Å². The zero-order chi connectivity index (χ0) is 15.6. The van der Waals surface area contributed by atoms with Gasteiger partial charge in [-0.1, -0.05) is 11.6 Å². The lowest BCUT2D eigenvalue weighted by Crippen LogP contribution is -2.18. The van der Waals surface area contributed by atoms with Gasteiger partial charge in [-0.15, -0.1) is 0 Å². The van der Waals surface area contributed by atoms with Crippen molar-refractivity contribution in [2.45, 2.75) is 13.1 Å². The Balaban J connectivity index is 2.64. The summed E-state index contributed by atoms with van der Waals surface area (Å²) in [5.74, 6) is -1.10. The summed E-state index contributed by atoms with van der Waals surface area (Å²) in [5.41, 5.74) is -1.94. The van der Waals surface area contributed by atoms with E-state index in [0.29, 0.717) is 4.68 Å². The van der Waals surface area contributed by atoms with Crippen LogP contribution < -0.4 is 0 Å². The Morgan fingerprint density at radius 2 is 2.14 bits per heavy atom. The van der Waals surface area contributed by atoms with Gasteiger partial charge in [0.1, 0.15) is 5.56 Å². The highest BCUT2D eigenvalue weighted by molar-refractivity contribution is 6.32. The van der Waals surface area contributed by atoms with E-state index in [-0.39, 0.29) is 17.3 Å². The predicted molar refractivity (Wildman–Crippen MR) is 67.3 cm³/mol. The van der Waals surface area contributed by atoms with Gasteiger partial charge in [-0.3, -0.25) is 4.98 Å². The third-order valence-electron chi connectivity index (χ3n) is 2.51. The number of nitrogens with zero attached hydrogens (tertiary/aromatic N) is 3. The molecule has 0 aromatic carbocycles. The number of pyridine rings is 1. The monoisotopic (exact) mass is 319 g/mol. The van der Waals surface area contributed by atoms with E-state index in [4.69, 9.17) is 11.6 Å². The molecule has 112 valence electrons. The second kappa shape index (κ2) is 5.72. The zero-order valence-corrected chi connectivity index (χ0v) is 11.4. The van der Waals surface area contributed by atoms with Crippen molar-refractivity contribution >= 4 is 17.6 Å². The van der Waals surface area contributed by atoms with E-state index < -0.39 is 23.4 Å². The summed E-state index contributed by atoms with van der Waals surface area (Å²) < 4.78 is 44.9. The minimum Gasteiger partial charge on any atom is -0.462 e. The normalized spacial score (nSPS) is 11.5. The molecule has 2 aromatic rings. The molecule has 0 saturated carbocycles. The molecule has 0 saturated heterocycles. The first-order valence-corrected chi connectivity index (χ1v) is 6.16. The number of hydrogen-bond donors (Lipinski definition) is 0. The molecular weight excluding hydrogens is 311 g/mol. The number of alkyl halides is 3. The molecule has 0 aliphatic heterocycles. The van der Waals surface area contributed by atoms with Crippen LogP contribution in [0.2, 0.25) is 5.02 Å². The molecule has 9 heteroatoms. The maximum atomic E-state index is 13.2. The summed E-state index contributed by atoms with van der Waals surface area (Å²) in [4.78, 5) is 15.3.